The van der Waals surface area contributed by atoms with E-state index in [1.165, 1.54) is 11.3 Å². The van der Waals surface area contributed by atoms with Crippen molar-refractivity contribution in [2.45, 2.75) is 6.54 Å². The molecule has 1 rings (SSSR count). The van der Waals surface area contributed by atoms with Gasteiger partial charge in [0.25, 0.3) is 5.96 Å². The third-order valence-corrected chi connectivity index (χ3v) is 3.10. The first-order valence-electron chi connectivity index (χ1n) is 3.86. The van der Waals surface area contributed by atoms with E-state index in [9.17, 15) is 10.1 Å². The van der Waals surface area contributed by atoms with Crippen LogP contribution in [0.3, 0.4) is 0 Å². The van der Waals surface area contributed by atoms with E-state index in [2.05, 4.69) is 43.3 Å². The van der Waals surface area contributed by atoms with Gasteiger partial charge in [0.1, 0.15) is 5.10 Å². The zero-order valence-corrected chi connectivity index (χ0v) is 10.7. The van der Waals surface area contributed by atoms with Crippen LogP contribution in [0.25, 0.3) is 0 Å². The summed E-state index contributed by atoms with van der Waals surface area (Å²) in [6.45, 7) is 0.466. The van der Waals surface area contributed by atoms with Crippen molar-refractivity contribution < 1.29 is 5.03 Å². The molecule has 0 bridgehead atoms. The second kappa shape index (κ2) is 5.80. The Bertz CT molecular complexity index is 379. The summed E-state index contributed by atoms with van der Waals surface area (Å²) in [5.74, 6) is 0.128. The third kappa shape index (κ3) is 4.38. The van der Waals surface area contributed by atoms with Crippen LogP contribution in [0.5, 0.6) is 0 Å². The number of hydrogen-bond acceptors (Lipinski definition) is 4. The number of nitrogens with one attached hydrogen (secondary N) is 2. The topological polar surface area (TPSA) is 92.5 Å². The predicted octanol–water partition coefficient (Wildman–Crippen LogP) is 0.604. The first-order chi connectivity index (χ1) is 7.11. The molecule has 0 aliphatic rings. The third-order valence-electron chi connectivity index (χ3n) is 1.37. The molecule has 7 nitrogen and oxygen atoms in total. The van der Waals surface area contributed by atoms with E-state index in [1.807, 2.05) is 0 Å². The number of hydrazone groups is 1. The quantitative estimate of drug-likeness (QED) is 0.276. The molecule has 0 aromatic carbocycles. The van der Waals surface area contributed by atoms with E-state index < -0.39 is 5.03 Å². The number of nitrogens with zero attached hydrogens (tertiary/aromatic N) is 3. The number of nitro groups is 1. The average molecular weight is 341 g/mol. The minimum absolute atomic E-state index is 0.128. The Labute approximate surface area is 103 Å². The summed E-state index contributed by atoms with van der Waals surface area (Å²) >= 11 is 3.63. The molecule has 15 heavy (non-hydrogen) atoms. The molecule has 0 spiro atoms. The molecule has 1 heterocycles. The number of thiazole rings is 1. The largest absolute Gasteiger partial charge is 0.354 e. The number of guanidine groups is 1. The number of halogens is 1. The van der Waals surface area contributed by atoms with Gasteiger partial charge in [0.15, 0.2) is 8.05 Å². The van der Waals surface area contributed by atoms with E-state index in [0.29, 0.717) is 6.54 Å². The molecule has 0 atom stereocenters. The van der Waals surface area contributed by atoms with Crippen LogP contribution >= 0.6 is 33.9 Å². The van der Waals surface area contributed by atoms with Gasteiger partial charge in [-0.15, -0.1) is 11.3 Å². The van der Waals surface area contributed by atoms with E-state index in [4.69, 9.17) is 0 Å². The number of rotatable bonds is 3. The van der Waals surface area contributed by atoms with Crippen LogP contribution in [-0.4, -0.2) is 23.0 Å². The minimum atomic E-state index is -0.755. The van der Waals surface area contributed by atoms with Gasteiger partial charge in [0.2, 0.25) is 0 Å². The fraction of sp³-hybridized carbons (Fsp3) is 0.333. The van der Waals surface area contributed by atoms with Crippen LogP contribution in [0.15, 0.2) is 11.3 Å². The lowest BCUT2D eigenvalue weighted by Crippen LogP contribution is -2.34. The van der Waals surface area contributed by atoms with Gasteiger partial charge in [-0.2, -0.15) is 0 Å². The Kier molecular flexibility index (Phi) is 4.68. The van der Waals surface area contributed by atoms with Crippen molar-refractivity contribution in [3.05, 3.63) is 24.2 Å². The van der Waals surface area contributed by atoms with Gasteiger partial charge < -0.3 is 10.6 Å². The fourth-order valence-corrected chi connectivity index (χ4v) is 2.35. The maximum Gasteiger partial charge on any atom is 0.268 e. The van der Waals surface area contributed by atoms with Crippen molar-refractivity contribution in [3.63, 3.8) is 0 Å². The smallest absolute Gasteiger partial charge is 0.268 e. The normalized spacial score (nSPS) is 11.2. The van der Waals surface area contributed by atoms with Crippen LogP contribution in [-0.2, 0) is 6.54 Å². The molecule has 82 valence electrons. The molecular weight excluding hydrogens is 333 g/mol. The molecule has 0 aliphatic heterocycles. The summed E-state index contributed by atoms with van der Waals surface area (Å²) in [5, 5.41) is 17.9. The molecule has 0 saturated carbocycles. The van der Waals surface area contributed by atoms with Gasteiger partial charge in [-0.25, -0.2) is 15.1 Å². The van der Waals surface area contributed by atoms with Gasteiger partial charge in [0, 0.05) is 18.1 Å². The van der Waals surface area contributed by atoms with Gasteiger partial charge in [-0.05, 0) is 22.6 Å². The molecule has 1 aromatic rings. The van der Waals surface area contributed by atoms with E-state index >= 15 is 0 Å². The Hall–Kier alpha value is -0.970. The molecule has 0 unspecified atom stereocenters. The predicted molar refractivity (Wildman–Crippen MR) is 65.2 cm³/mol. The molecular formula is C6H8IN5O2S. The van der Waals surface area contributed by atoms with Crippen LogP contribution < -0.4 is 10.6 Å². The zero-order chi connectivity index (χ0) is 11.3. The Morgan fingerprint density at radius 1 is 1.87 bits per heavy atom. The highest BCUT2D eigenvalue weighted by Gasteiger charge is 2.03. The van der Waals surface area contributed by atoms with E-state index in [0.717, 1.165) is 7.89 Å². The monoisotopic (exact) mass is 341 g/mol. The van der Waals surface area contributed by atoms with Crippen molar-refractivity contribution in [3.8, 4) is 0 Å². The molecule has 9 heteroatoms. The van der Waals surface area contributed by atoms with Crippen LogP contribution in [0, 0.1) is 13.1 Å². The van der Waals surface area contributed by atoms with Crippen LogP contribution in [0.4, 0.5) is 0 Å². The molecule has 0 radical (unpaired) electrons. The van der Waals surface area contributed by atoms with Crippen molar-refractivity contribution in [2.75, 3.05) is 7.05 Å². The maximum absolute atomic E-state index is 10.1. The second-order valence-corrected chi connectivity index (χ2v) is 5.24. The number of hydrogen-bond donors (Lipinski definition) is 2. The second-order valence-electron chi connectivity index (χ2n) is 2.37. The van der Waals surface area contributed by atoms with Crippen LogP contribution in [0.1, 0.15) is 4.88 Å². The van der Waals surface area contributed by atoms with Gasteiger partial charge >= 0.3 is 0 Å². The van der Waals surface area contributed by atoms with Crippen LogP contribution in [0.2, 0.25) is 0 Å². The average Bonchev–Trinajstić information content (AvgIpc) is 2.58. The Balaban J connectivity index is 2.51. The molecule has 0 saturated heterocycles. The fourth-order valence-electron chi connectivity index (χ4n) is 0.792. The highest BCUT2D eigenvalue weighted by Crippen LogP contribution is 2.13. The molecule has 2 N–H and O–H groups in total. The summed E-state index contributed by atoms with van der Waals surface area (Å²) in [4.78, 5) is 15.2. The van der Waals surface area contributed by atoms with E-state index in [-0.39, 0.29) is 5.96 Å². The van der Waals surface area contributed by atoms with Gasteiger partial charge in [0.05, 0.1) is 6.54 Å². The molecule has 0 aliphatic carbocycles. The SMILES string of the molecule is CN/C(=N\[N+](=O)[O-])NCc1cnc(I)s1. The maximum atomic E-state index is 10.1. The summed E-state index contributed by atoms with van der Waals surface area (Å²) in [6.07, 6.45) is 1.72. The number of aromatic nitrogens is 1. The van der Waals surface area contributed by atoms with Crippen molar-refractivity contribution in [1.82, 2.24) is 15.6 Å². The molecule has 1 aromatic heterocycles. The van der Waals surface area contributed by atoms with E-state index in [1.54, 1.807) is 13.2 Å². The lowest BCUT2D eigenvalue weighted by atomic mass is 10.5. The summed E-state index contributed by atoms with van der Waals surface area (Å²) in [5.41, 5.74) is 0. The lowest BCUT2D eigenvalue weighted by molar-refractivity contribution is -0.485. The molecule has 0 amide bonds. The lowest BCUT2D eigenvalue weighted by Gasteiger charge is -2.03. The van der Waals surface area contributed by atoms with Gasteiger partial charge in [-0.3, -0.25) is 0 Å². The van der Waals surface area contributed by atoms with Crippen molar-refractivity contribution >= 4 is 39.9 Å². The Morgan fingerprint density at radius 2 is 2.60 bits per heavy atom. The summed E-state index contributed by atoms with van der Waals surface area (Å²) in [7, 11) is 1.56. The summed E-state index contributed by atoms with van der Waals surface area (Å²) in [6, 6.07) is 0. The standard InChI is InChI=1S/C6H8IN5O2S/c1-8-6(11-12(13)14)10-3-4-2-9-5(7)15-4/h2H,3H2,1H3,(H2,8,10,11). The molecule has 0 fully saturated rings. The summed E-state index contributed by atoms with van der Waals surface area (Å²) < 4.78 is 0.932. The van der Waals surface area contributed by atoms with Crippen molar-refractivity contribution in [1.29, 1.82) is 0 Å². The van der Waals surface area contributed by atoms with Gasteiger partial charge in [-0.1, -0.05) is 0 Å². The minimum Gasteiger partial charge on any atom is -0.354 e. The highest BCUT2D eigenvalue weighted by atomic mass is 127. The highest BCUT2D eigenvalue weighted by molar-refractivity contribution is 14.1. The first-order valence-corrected chi connectivity index (χ1v) is 5.76. The first kappa shape index (κ1) is 12.1. The van der Waals surface area contributed by atoms with Crippen molar-refractivity contribution in [2.24, 2.45) is 5.10 Å². The zero-order valence-electron chi connectivity index (χ0n) is 7.73. The Morgan fingerprint density at radius 3 is 3.07 bits per heavy atom.